The van der Waals surface area contributed by atoms with Gasteiger partial charge in [-0.15, -0.1) is 0 Å². The molecule has 0 bridgehead atoms. The quantitative estimate of drug-likeness (QED) is 0.625. The average molecular weight is 219 g/mol. The van der Waals surface area contributed by atoms with Crippen LogP contribution in [0, 0.1) is 0 Å². The highest BCUT2D eigenvalue weighted by atomic mass is 35.5. The van der Waals surface area contributed by atoms with Crippen LogP contribution in [0.1, 0.15) is 0 Å². The molecular formula is C12H11ClN2. The van der Waals surface area contributed by atoms with E-state index in [4.69, 9.17) is 11.8 Å². The molecule has 0 spiro atoms. The van der Waals surface area contributed by atoms with Crippen LogP contribution in [0.4, 0.5) is 11.4 Å². The monoisotopic (exact) mass is 218 g/mol. The first-order chi connectivity index (χ1) is 7.36. The number of hydrogen-bond donors (Lipinski definition) is 1. The first-order valence-corrected chi connectivity index (χ1v) is 5.03. The highest BCUT2D eigenvalue weighted by Gasteiger charge is 2.00. The van der Waals surface area contributed by atoms with Crippen LogP contribution in [-0.4, -0.2) is 0 Å². The lowest BCUT2D eigenvalue weighted by Gasteiger charge is -2.17. The van der Waals surface area contributed by atoms with Gasteiger partial charge in [0, 0.05) is 11.8 Å². The van der Waals surface area contributed by atoms with Gasteiger partial charge < -0.3 is 0 Å². The summed E-state index contributed by atoms with van der Waals surface area (Å²) in [6.45, 7) is 0. The summed E-state index contributed by atoms with van der Waals surface area (Å²) >= 11 is 6.06. The van der Waals surface area contributed by atoms with Crippen molar-refractivity contribution in [2.75, 3.05) is 9.95 Å². The Morgan fingerprint density at radius 2 is 1.33 bits per heavy atom. The molecule has 0 saturated heterocycles. The standard InChI is InChI=1S/C12H11ClN2/c13-15(12-9-5-2-6-10-12)14-11-7-3-1-4-8-11/h1-10,14H. The molecule has 1 N–H and O–H groups in total. The summed E-state index contributed by atoms with van der Waals surface area (Å²) in [4.78, 5) is 0. The lowest BCUT2D eigenvalue weighted by atomic mass is 10.3. The number of benzene rings is 2. The highest BCUT2D eigenvalue weighted by Crippen LogP contribution is 2.17. The topological polar surface area (TPSA) is 15.3 Å². The molecule has 0 aromatic heterocycles. The molecule has 0 heterocycles. The molecule has 0 unspecified atom stereocenters. The number of nitrogens with one attached hydrogen (secondary N) is 1. The number of nitrogens with zero attached hydrogens (tertiary/aromatic N) is 1. The predicted octanol–water partition coefficient (Wildman–Crippen LogP) is 3.67. The van der Waals surface area contributed by atoms with Crippen LogP contribution in [0.3, 0.4) is 0 Å². The second-order valence-electron chi connectivity index (χ2n) is 3.09. The normalized spacial score (nSPS) is 9.67. The van der Waals surface area contributed by atoms with Crippen LogP contribution in [0.5, 0.6) is 0 Å². The van der Waals surface area contributed by atoms with Gasteiger partial charge in [-0.1, -0.05) is 36.4 Å². The number of hydrazine groups is 1. The second kappa shape index (κ2) is 4.71. The molecule has 0 aliphatic carbocycles. The average Bonchev–Trinajstić information content (AvgIpc) is 2.31. The van der Waals surface area contributed by atoms with Crippen LogP contribution in [-0.2, 0) is 0 Å². The summed E-state index contributed by atoms with van der Waals surface area (Å²) in [6.07, 6.45) is 0. The Morgan fingerprint density at radius 3 is 1.93 bits per heavy atom. The Balaban J connectivity index is 2.08. The lowest BCUT2D eigenvalue weighted by Crippen LogP contribution is -2.18. The molecule has 2 nitrogen and oxygen atoms in total. The van der Waals surface area contributed by atoms with E-state index in [1.807, 2.05) is 60.7 Å². The number of halogens is 1. The third-order valence-corrected chi connectivity index (χ3v) is 2.26. The molecular weight excluding hydrogens is 208 g/mol. The first kappa shape index (κ1) is 9.87. The largest absolute Gasteiger partial charge is 0.284 e. The maximum absolute atomic E-state index is 6.06. The van der Waals surface area contributed by atoms with Crippen molar-refractivity contribution >= 4 is 23.2 Å². The fourth-order valence-electron chi connectivity index (χ4n) is 1.25. The molecule has 0 saturated carbocycles. The SMILES string of the molecule is ClN(Nc1ccccc1)c1ccccc1. The van der Waals surface area contributed by atoms with E-state index >= 15 is 0 Å². The molecule has 3 heteroatoms. The summed E-state index contributed by atoms with van der Waals surface area (Å²) in [5.41, 5.74) is 4.92. The first-order valence-electron chi connectivity index (χ1n) is 4.69. The van der Waals surface area contributed by atoms with E-state index in [1.165, 1.54) is 4.53 Å². The summed E-state index contributed by atoms with van der Waals surface area (Å²) in [5.74, 6) is 0. The molecule has 0 aliphatic rings. The highest BCUT2D eigenvalue weighted by molar-refractivity contribution is 6.26. The van der Waals surface area contributed by atoms with Gasteiger partial charge in [-0.05, 0) is 24.3 Å². The minimum Gasteiger partial charge on any atom is -0.284 e. The van der Waals surface area contributed by atoms with Crippen molar-refractivity contribution in [3.8, 4) is 0 Å². The molecule has 0 amide bonds. The van der Waals surface area contributed by atoms with Crippen molar-refractivity contribution in [1.29, 1.82) is 0 Å². The smallest absolute Gasteiger partial charge is 0.0760 e. The van der Waals surface area contributed by atoms with Crippen molar-refractivity contribution in [2.45, 2.75) is 0 Å². The van der Waals surface area contributed by atoms with Gasteiger partial charge >= 0.3 is 0 Å². The van der Waals surface area contributed by atoms with Gasteiger partial charge in [0.15, 0.2) is 0 Å². The van der Waals surface area contributed by atoms with Gasteiger partial charge in [-0.2, -0.15) is 4.53 Å². The fourth-order valence-corrected chi connectivity index (χ4v) is 1.46. The van der Waals surface area contributed by atoms with Gasteiger partial charge in [0.2, 0.25) is 0 Å². The van der Waals surface area contributed by atoms with E-state index in [9.17, 15) is 0 Å². The Kier molecular flexibility index (Phi) is 3.10. The van der Waals surface area contributed by atoms with Crippen molar-refractivity contribution in [2.24, 2.45) is 0 Å². The minimum absolute atomic E-state index is 0.906. The van der Waals surface area contributed by atoms with Crippen molar-refractivity contribution < 1.29 is 0 Å². The van der Waals surface area contributed by atoms with Crippen LogP contribution in [0.25, 0.3) is 0 Å². The van der Waals surface area contributed by atoms with Crippen LogP contribution >= 0.6 is 11.8 Å². The molecule has 0 atom stereocenters. The fraction of sp³-hybridized carbons (Fsp3) is 0. The van der Waals surface area contributed by atoms with Crippen LogP contribution in [0.15, 0.2) is 60.7 Å². The maximum atomic E-state index is 6.06. The van der Waals surface area contributed by atoms with E-state index in [0.29, 0.717) is 0 Å². The third-order valence-electron chi connectivity index (χ3n) is 1.98. The van der Waals surface area contributed by atoms with E-state index < -0.39 is 0 Å². The van der Waals surface area contributed by atoms with E-state index in [-0.39, 0.29) is 0 Å². The Labute approximate surface area is 94.2 Å². The van der Waals surface area contributed by atoms with Crippen molar-refractivity contribution in [3.05, 3.63) is 60.7 Å². The lowest BCUT2D eigenvalue weighted by molar-refractivity contribution is 1.27. The number of rotatable bonds is 3. The van der Waals surface area contributed by atoms with Gasteiger partial charge in [-0.3, -0.25) is 5.43 Å². The summed E-state index contributed by atoms with van der Waals surface area (Å²) in [7, 11) is 0. The molecule has 0 fully saturated rings. The molecule has 76 valence electrons. The Morgan fingerprint density at radius 1 is 0.800 bits per heavy atom. The molecule has 15 heavy (non-hydrogen) atoms. The van der Waals surface area contributed by atoms with Crippen molar-refractivity contribution in [3.63, 3.8) is 0 Å². The van der Waals surface area contributed by atoms with E-state index in [2.05, 4.69) is 5.43 Å². The molecule has 2 aromatic carbocycles. The number of hydrogen-bond acceptors (Lipinski definition) is 2. The zero-order chi connectivity index (χ0) is 10.5. The van der Waals surface area contributed by atoms with Gasteiger partial charge in [0.05, 0.1) is 11.4 Å². The number of para-hydroxylation sites is 2. The van der Waals surface area contributed by atoms with Crippen LogP contribution < -0.4 is 9.95 Å². The zero-order valence-electron chi connectivity index (χ0n) is 8.10. The summed E-state index contributed by atoms with van der Waals surface area (Å²) < 4.78 is 1.47. The molecule has 2 rings (SSSR count). The molecule has 2 aromatic rings. The summed E-state index contributed by atoms with van der Waals surface area (Å²) in [5, 5.41) is 0. The molecule has 0 radical (unpaired) electrons. The van der Waals surface area contributed by atoms with E-state index in [0.717, 1.165) is 11.4 Å². The van der Waals surface area contributed by atoms with Gasteiger partial charge in [-0.25, -0.2) is 0 Å². The van der Waals surface area contributed by atoms with Crippen LogP contribution in [0.2, 0.25) is 0 Å². The second-order valence-corrected chi connectivity index (χ2v) is 3.43. The number of anilines is 2. The van der Waals surface area contributed by atoms with Crippen molar-refractivity contribution in [1.82, 2.24) is 0 Å². The maximum Gasteiger partial charge on any atom is 0.0760 e. The predicted molar refractivity (Wildman–Crippen MR) is 64.8 cm³/mol. The van der Waals surface area contributed by atoms with Gasteiger partial charge in [0.1, 0.15) is 0 Å². The molecule has 0 aliphatic heterocycles. The summed E-state index contributed by atoms with van der Waals surface area (Å²) in [6, 6.07) is 19.5. The van der Waals surface area contributed by atoms with E-state index in [1.54, 1.807) is 0 Å². The zero-order valence-corrected chi connectivity index (χ0v) is 8.85. The third kappa shape index (κ3) is 2.64. The Hall–Kier alpha value is -1.67. The Bertz CT molecular complexity index is 402. The van der Waals surface area contributed by atoms with Gasteiger partial charge in [0.25, 0.3) is 0 Å². The minimum atomic E-state index is 0.906.